The molecule has 7 rings (SSSR count). The van der Waals surface area contributed by atoms with Gasteiger partial charge in [0, 0.05) is 92.6 Å². The molecular weight excluding hydrogens is 758 g/mol. The van der Waals surface area contributed by atoms with E-state index in [0.29, 0.717) is 27.8 Å². The molecule has 14 nitrogen and oxygen atoms in total. The Kier molecular flexibility index (Phi) is 11.6. The first-order valence-electron chi connectivity index (χ1n) is 20.1. The first-order valence-corrected chi connectivity index (χ1v) is 20.4. The second-order valence-corrected chi connectivity index (χ2v) is 17.6. The molecule has 0 radical (unpaired) electrons. The highest BCUT2D eigenvalue weighted by Gasteiger charge is 2.64. The molecule has 2 aromatic carbocycles. The van der Waals surface area contributed by atoms with Crippen LogP contribution in [0.4, 0.5) is 16.2 Å². The minimum absolute atomic E-state index is 0.00627. The van der Waals surface area contributed by atoms with Crippen molar-refractivity contribution in [1.29, 1.82) is 10.7 Å². The van der Waals surface area contributed by atoms with Gasteiger partial charge in [-0.2, -0.15) is 5.26 Å². The first kappa shape index (κ1) is 40.8. The quantitative estimate of drug-likeness (QED) is 0.227. The van der Waals surface area contributed by atoms with E-state index >= 15 is 0 Å². The zero-order valence-electron chi connectivity index (χ0n) is 33.5. The van der Waals surface area contributed by atoms with Gasteiger partial charge in [-0.1, -0.05) is 39.3 Å². The fourth-order valence-electron chi connectivity index (χ4n) is 9.46. The molecule has 4 fully saturated rings. The van der Waals surface area contributed by atoms with Crippen molar-refractivity contribution in [2.45, 2.75) is 71.6 Å². The van der Waals surface area contributed by atoms with Gasteiger partial charge in [-0.3, -0.25) is 34.6 Å². The van der Waals surface area contributed by atoms with Gasteiger partial charge in [0.25, 0.3) is 5.91 Å². The maximum absolute atomic E-state index is 13.5. The fourth-order valence-corrected chi connectivity index (χ4v) is 9.67. The highest BCUT2D eigenvalue weighted by Crippen LogP contribution is 2.55. The van der Waals surface area contributed by atoms with Crippen LogP contribution in [0.1, 0.15) is 69.3 Å². The summed E-state index contributed by atoms with van der Waals surface area (Å²) >= 11 is 6.25. The molecule has 4 aliphatic rings. The number of aromatic nitrogens is 1. The minimum Gasteiger partial charge on any atom is -0.489 e. The van der Waals surface area contributed by atoms with Crippen LogP contribution in [0, 0.1) is 33.5 Å². The van der Waals surface area contributed by atoms with Crippen LogP contribution >= 0.6 is 11.6 Å². The Morgan fingerprint density at radius 1 is 0.897 bits per heavy atom. The van der Waals surface area contributed by atoms with Gasteiger partial charge in [0.1, 0.15) is 29.5 Å². The van der Waals surface area contributed by atoms with Crippen LogP contribution < -0.4 is 36.0 Å². The van der Waals surface area contributed by atoms with E-state index < -0.39 is 18.0 Å². The molecule has 0 bridgehead atoms. The number of imide groups is 1. The molecule has 3 aliphatic heterocycles. The zero-order valence-corrected chi connectivity index (χ0v) is 34.3. The van der Waals surface area contributed by atoms with E-state index in [2.05, 4.69) is 64.4 Å². The topological polar surface area (TPSA) is 176 Å². The van der Waals surface area contributed by atoms with E-state index in [1.54, 1.807) is 30.5 Å². The highest BCUT2D eigenvalue weighted by molar-refractivity contribution is 6.31. The Morgan fingerprint density at radius 3 is 2.19 bits per heavy atom. The number of amides is 4. The lowest BCUT2D eigenvalue weighted by Gasteiger charge is -2.63. The molecule has 3 aromatic rings. The average molecular weight is 810 g/mol. The molecule has 1 aromatic heterocycles. The predicted molar refractivity (Wildman–Crippen MR) is 220 cm³/mol. The van der Waals surface area contributed by atoms with E-state index in [-0.39, 0.29) is 53.1 Å². The van der Waals surface area contributed by atoms with Gasteiger partial charge in [-0.05, 0) is 73.7 Å². The summed E-state index contributed by atoms with van der Waals surface area (Å²) in [5.41, 5.74) is 2.28. The summed E-state index contributed by atoms with van der Waals surface area (Å²) in [6, 6.07) is 17.0. The van der Waals surface area contributed by atoms with Gasteiger partial charge in [-0.25, -0.2) is 4.79 Å². The molecule has 1 saturated carbocycles. The monoisotopic (exact) mass is 809 g/mol. The van der Waals surface area contributed by atoms with Crippen molar-refractivity contribution in [2.24, 2.45) is 16.7 Å². The molecule has 1 unspecified atom stereocenters. The third-order valence-corrected chi connectivity index (χ3v) is 12.8. The largest absolute Gasteiger partial charge is 0.489 e. The third-order valence-electron chi connectivity index (χ3n) is 12.5. The Balaban J connectivity index is 0.854. The van der Waals surface area contributed by atoms with Crippen molar-refractivity contribution >= 4 is 46.7 Å². The molecule has 4 heterocycles. The number of hydrogen-bond donors (Lipinski definition) is 4. The minimum atomic E-state index is -0.811. The van der Waals surface area contributed by atoms with E-state index in [9.17, 15) is 24.4 Å². The number of carbonyl (C=O) groups excluding carboxylic acids is 4. The number of piperazine rings is 1. The molecule has 306 valence electrons. The van der Waals surface area contributed by atoms with Gasteiger partial charge in [-0.15, -0.1) is 0 Å². The van der Waals surface area contributed by atoms with Crippen molar-refractivity contribution in [2.75, 3.05) is 55.6 Å². The molecule has 4 N–H and O–H groups in total. The van der Waals surface area contributed by atoms with Gasteiger partial charge >= 0.3 is 6.03 Å². The summed E-state index contributed by atoms with van der Waals surface area (Å²) in [7, 11) is 0. The lowest BCUT2D eigenvalue weighted by atomic mass is 9.49. The van der Waals surface area contributed by atoms with Crippen LogP contribution in [-0.4, -0.2) is 97.2 Å². The Morgan fingerprint density at radius 2 is 1.55 bits per heavy atom. The number of rotatable bonds is 9. The van der Waals surface area contributed by atoms with Crippen molar-refractivity contribution in [3.8, 4) is 11.8 Å². The normalized spacial score (nSPS) is 23.3. The number of halogens is 1. The standard InChI is InChI=1S/C43H52ClN9O5/c1-42(2)39(43(3,4)40(42)58-32-11-7-29(24-45)33(44)23-32)49-37(55)28-5-8-30(9-6-28)51-17-15-27(16-18-51)25-50-19-21-52(22-20-50)31-10-13-35(46)53(26-31)41(57)47-34-12-14-36(54)48-38(34)56/h5-11,13,23,26-27,34,39-40,46H,12,14-22,25H2,1-4H3,(H,47,57)(H,49,55)(H,48,54,56). The summed E-state index contributed by atoms with van der Waals surface area (Å²) in [4.78, 5) is 57.2. The number of ether oxygens (including phenoxy) is 1. The van der Waals surface area contributed by atoms with Crippen LogP contribution in [0.2, 0.25) is 5.02 Å². The molecule has 0 spiro atoms. The zero-order chi connectivity index (χ0) is 41.4. The van der Waals surface area contributed by atoms with Gasteiger partial charge in [0.2, 0.25) is 11.8 Å². The number of hydrogen-bond acceptors (Lipinski definition) is 10. The number of pyridine rings is 1. The molecule has 3 saturated heterocycles. The molecule has 4 amide bonds. The fraction of sp³-hybridized carbons (Fsp3) is 0.488. The smallest absolute Gasteiger partial charge is 0.327 e. The van der Waals surface area contributed by atoms with E-state index in [4.69, 9.17) is 21.7 Å². The second-order valence-electron chi connectivity index (χ2n) is 17.2. The van der Waals surface area contributed by atoms with E-state index in [1.807, 2.05) is 30.3 Å². The summed E-state index contributed by atoms with van der Waals surface area (Å²) in [6.45, 7) is 14.7. The van der Waals surface area contributed by atoms with E-state index in [1.165, 1.54) is 4.57 Å². The van der Waals surface area contributed by atoms with Crippen molar-refractivity contribution in [1.82, 2.24) is 25.4 Å². The van der Waals surface area contributed by atoms with Crippen LogP contribution in [-0.2, 0) is 9.59 Å². The summed E-state index contributed by atoms with van der Waals surface area (Å²) in [6.07, 6.45) is 4.02. The lowest BCUT2D eigenvalue weighted by molar-refractivity contribution is -0.164. The van der Waals surface area contributed by atoms with Crippen LogP contribution in [0.15, 0.2) is 60.8 Å². The number of benzene rings is 2. The molecule has 15 heteroatoms. The number of anilines is 2. The SMILES string of the molecule is CC1(C)C(NC(=O)c2ccc(N3CCC(CN4CCN(c5ccc(=N)n(C(=O)NC6CCC(=O)NC6=O)c5)CC4)CC3)cc2)C(C)(C)C1Oc1ccc(C#N)c(Cl)c1. The first-order chi connectivity index (χ1) is 27.6. The van der Waals surface area contributed by atoms with Crippen LogP contribution in [0.5, 0.6) is 5.75 Å². The summed E-state index contributed by atoms with van der Waals surface area (Å²) in [5.74, 6) is 0.196. The van der Waals surface area contributed by atoms with Gasteiger partial charge in [0.05, 0.1) is 16.3 Å². The molecule has 1 atom stereocenters. The number of carbonyl (C=O) groups is 4. The third kappa shape index (κ3) is 8.42. The number of nitrogens with zero attached hydrogens (tertiary/aromatic N) is 5. The number of piperidine rings is 2. The second kappa shape index (κ2) is 16.5. The van der Waals surface area contributed by atoms with E-state index in [0.717, 1.165) is 70.0 Å². The maximum atomic E-state index is 13.5. The van der Waals surface area contributed by atoms with Crippen molar-refractivity contribution in [3.63, 3.8) is 0 Å². The average Bonchev–Trinajstić information content (AvgIpc) is 3.20. The Hall–Kier alpha value is -5.39. The lowest BCUT2D eigenvalue weighted by Crippen LogP contribution is -2.74. The van der Waals surface area contributed by atoms with Gasteiger partial charge < -0.3 is 25.2 Å². The Bertz CT molecular complexity index is 2150. The summed E-state index contributed by atoms with van der Waals surface area (Å²) < 4.78 is 7.59. The summed E-state index contributed by atoms with van der Waals surface area (Å²) in [5, 5.41) is 26.0. The van der Waals surface area contributed by atoms with Crippen molar-refractivity contribution in [3.05, 3.63) is 82.4 Å². The Labute approximate surface area is 344 Å². The number of nitriles is 1. The number of nitrogens with one attached hydrogen (secondary N) is 4. The highest BCUT2D eigenvalue weighted by atomic mass is 35.5. The van der Waals surface area contributed by atoms with Crippen LogP contribution in [0.3, 0.4) is 0 Å². The molecule has 58 heavy (non-hydrogen) atoms. The maximum Gasteiger partial charge on any atom is 0.327 e. The predicted octanol–water partition coefficient (Wildman–Crippen LogP) is 4.51. The van der Waals surface area contributed by atoms with Crippen molar-refractivity contribution < 1.29 is 23.9 Å². The van der Waals surface area contributed by atoms with Gasteiger partial charge in [0.15, 0.2) is 0 Å². The molecular formula is C43H52ClN9O5. The molecule has 1 aliphatic carbocycles. The van der Waals surface area contributed by atoms with Crippen LogP contribution in [0.25, 0.3) is 0 Å².